The molecule has 0 bridgehead atoms. The molecule has 0 aliphatic carbocycles. The van der Waals surface area contributed by atoms with Gasteiger partial charge in [0.05, 0.1) is 12.3 Å². The smallest absolute Gasteiger partial charge is 0.163 e. The van der Waals surface area contributed by atoms with Crippen LogP contribution in [0.2, 0.25) is 0 Å². The number of aromatic nitrogens is 1. The van der Waals surface area contributed by atoms with E-state index in [2.05, 4.69) is 22.1 Å². The molecule has 1 aromatic carbocycles. The maximum absolute atomic E-state index is 6.13. The highest BCUT2D eigenvalue weighted by molar-refractivity contribution is 5.77. The van der Waals surface area contributed by atoms with Gasteiger partial charge in [-0.1, -0.05) is 36.4 Å². The van der Waals surface area contributed by atoms with Gasteiger partial charge in [0.25, 0.3) is 0 Å². The Balaban J connectivity index is 1.84. The molecule has 0 saturated carbocycles. The lowest BCUT2D eigenvalue weighted by Crippen LogP contribution is -2.43. The summed E-state index contributed by atoms with van der Waals surface area (Å²) in [7, 11) is 0. The Hall–Kier alpha value is -2.04. The molecule has 0 unspecified atom stereocenters. The summed E-state index contributed by atoms with van der Waals surface area (Å²) in [5, 5.41) is 0. The standard InChI is InChI=1S/C19H22N2O2/c1-14-8-7-11-16(21-14)12-20-17-13-22-19(2,3)23-18(17)15-9-5-4-6-10-15/h4-12,17-18H,13H2,1-3H3/t17-,18-/m0/s1. The van der Waals surface area contributed by atoms with Gasteiger partial charge in [-0.25, -0.2) is 0 Å². The first kappa shape index (κ1) is 15.8. The van der Waals surface area contributed by atoms with Crippen molar-refractivity contribution in [3.8, 4) is 0 Å². The lowest BCUT2D eigenvalue weighted by molar-refractivity contribution is -0.281. The molecule has 0 radical (unpaired) electrons. The normalized spacial score (nSPS) is 24.0. The van der Waals surface area contributed by atoms with Crippen molar-refractivity contribution in [1.82, 2.24) is 4.98 Å². The Bertz CT molecular complexity index is 683. The molecule has 2 atom stereocenters. The molecule has 23 heavy (non-hydrogen) atoms. The topological polar surface area (TPSA) is 43.7 Å². The summed E-state index contributed by atoms with van der Waals surface area (Å²) in [6.45, 7) is 6.37. The largest absolute Gasteiger partial charge is 0.348 e. The van der Waals surface area contributed by atoms with Crippen LogP contribution in [0, 0.1) is 6.92 Å². The lowest BCUT2D eigenvalue weighted by atomic mass is 10.0. The van der Waals surface area contributed by atoms with E-state index in [4.69, 9.17) is 9.47 Å². The fourth-order valence-electron chi connectivity index (χ4n) is 2.65. The van der Waals surface area contributed by atoms with Gasteiger partial charge < -0.3 is 9.47 Å². The molecule has 1 aliphatic heterocycles. The number of hydrogen-bond donors (Lipinski definition) is 0. The van der Waals surface area contributed by atoms with Gasteiger partial charge in [0.1, 0.15) is 12.1 Å². The molecule has 0 amide bonds. The molecule has 1 saturated heterocycles. The predicted molar refractivity (Wildman–Crippen MR) is 90.7 cm³/mol. The molecule has 4 heteroatoms. The molecule has 0 N–H and O–H groups in total. The van der Waals surface area contributed by atoms with E-state index >= 15 is 0 Å². The van der Waals surface area contributed by atoms with Crippen LogP contribution in [-0.4, -0.2) is 29.6 Å². The second-order valence-electron chi connectivity index (χ2n) is 6.21. The van der Waals surface area contributed by atoms with E-state index in [9.17, 15) is 0 Å². The molecular weight excluding hydrogens is 288 g/mol. The highest BCUT2D eigenvalue weighted by Gasteiger charge is 2.37. The molecule has 120 valence electrons. The van der Waals surface area contributed by atoms with E-state index < -0.39 is 5.79 Å². The van der Waals surface area contributed by atoms with Crippen molar-refractivity contribution in [2.24, 2.45) is 4.99 Å². The molecule has 1 aliphatic rings. The van der Waals surface area contributed by atoms with Crippen LogP contribution in [0.1, 0.15) is 36.9 Å². The third kappa shape index (κ3) is 4.03. The van der Waals surface area contributed by atoms with Crippen LogP contribution in [0.15, 0.2) is 53.5 Å². The highest BCUT2D eigenvalue weighted by Crippen LogP contribution is 2.34. The van der Waals surface area contributed by atoms with E-state index in [-0.39, 0.29) is 12.1 Å². The van der Waals surface area contributed by atoms with Crippen LogP contribution in [0.5, 0.6) is 0 Å². The summed E-state index contributed by atoms with van der Waals surface area (Å²) >= 11 is 0. The average Bonchev–Trinajstić information content (AvgIpc) is 2.54. The predicted octanol–water partition coefficient (Wildman–Crippen LogP) is 3.70. The quantitative estimate of drug-likeness (QED) is 0.812. The average molecular weight is 310 g/mol. The van der Waals surface area contributed by atoms with Crippen molar-refractivity contribution in [2.45, 2.75) is 38.7 Å². The Labute approximate surface area is 137 Å². The van der Waals surface area contributed by atoms with Gasteiger partial charge in [0, 0.05) is 11.9 Å². The number of rotatable bonds is 3. The van der Waals surface area contributed by atoms with Crippen LogP contribution in [0.25, 0.3) is 0 Å². The number of nitrogens with zero attached hydrogens (tertiary/aromatic N) is 2. The maximum atomic E-state index is 6.13. The zero-order chi connectivity index (χ0) is 16.3. The number of pyridine rings is 1. The minimum Gasteiger partial charge on any atom is -0.348 e. The van der Waals surface area contributed by atoms with Crippen LogP contribution >= 0.6 is 0 Å². The lowest BCUT2D eigenvalue weighted by Gasteiger charge is -2.39. The van der Waals surface area contributed by atoms with Crippen molar-refractivity contribution < 1.29 is 9.47 Å². The van der Waals surface area contributed by atoms with E-state index in [0.29, 0.717) is 6.61 Å². The Kier molecular flexibility index (Phi) is 4.55. The third-order valence-electron chi connectivity index (χ3n) is 3.80. The van der Waals surface area contributed by atoms with E-state index in [1.807, 2.05) is 57.2 Å². The SMILES string of the molecule is Cc1cccc(C=N[C@H]2COC(C)(C)O[C@H]2c2ccccc2)n1. The minimum atomic E-state index is -0.603. The van der Waals surface area contributed by atoms with Crippen LogP contribution in [0.3, 0.4) is 0 Å². The minimum absolute atomic E-state index is 0.0901. The molecule has 1 fully saturated rings. The Morgan fingerprint density at radius 3 is 2.65 bits per heavy atom. The zero-order valence-corrected chi connectivity index (χ0v) is 13.8. The molecule has 0 spiro atoms. The van der Waals surface area contributed by atoms with Gasteiger partial charge in [0.15, 0.2) is 5.79 Å². The van der Waals surface area contributed by atoms with Gasteiger partial charge in [-0.2, -0.15) is 0 Å². The zero-order valence-electron chi connectivity index (χ0n) is 13.8. The van der Waals surface area contributed by atoms with Crippen LogP contribution < -0.4 is 0 Å². The first-order chi connectivity index (χ1) is 11.0. The summed E-state index contributed by atoms with van der Waals surface area (Å²) in [6.07, 6.45) is 1.68. The summed E-state index contributed by atoms with van der Waals surface area (Å²) in [5.41, 5.74) is 2.94. The second-order valence-corrected chi connectivity index (χ2v) is 6.21. The maximum Gasteiger partial charge on any atom is 0.163 e. The molecular formula is C19H22N2O2. The molecule has 2 aromatic rings. The van der Waals surface area contributed by atoms with Gasteiger partial charge in [0.2, 0.25) is 0 Å². The fourth-order valence-corrected chi connectivity index (χ4v) is 2.65. The first-order valence-electron chi connectivity index (χ1n) is 7.87. The number of ether oxygens (including phenoxy) is 2. The van der Waals surface area contributed by atoms with E-state index in [1.165, 1.54) is 0 Å². The van der Waals surface area contributed by atoms with Crippen molar-refractivity contribution in [1.29, 1.82) is 0 Å². The van der Waals surface area contributed by atoms with Gasteiger partial charge in [-0.15, -0.1) is 0 Å². The van der Waals surface area contributed by atoms with Crippen molar-refractivity contribution in [3.05, 3.63) is 65.5 Å². The third-order valence-corrected chi connectivity index (χ3v) is 3.80. The second kappa shape index (κ2) is 6.60. The van der Waals surface area contributed by atoms with Gasteiger partial charge in [-0.3, -0.25) is 9.98 Å². The molecule has 3 rings (SSSR count). The van der Waals surface area contributed by atoms with Crippen molar-refractivity contribution in [3.63, 3.8) is 0 Å². The Morgan fingerprint density at radius 2 is 1.91 bits per heavy atom. The van der Waals surface area contributed by atoms with Gasteiger partial charge in [-0.05, 0) is 38.5 Å². The summed E-state index contributed by atoms with van der Waals surface area (Å²) < 4.78 is 11.9. The monoisotopic (exact) mass is 310 g/mol. The summed E-state index contributed by atoms with van der Waals surface area (Å²) in [5.74, 6) is -0.603. The summed E-state index contributed by atoms with van der Waals surface area (Å²) in [4.78, 5) is 9.13. The van der Waals surface area contributed by atoms with Crippen LogP contribution in [-0.2, 0) is 9.47 Å². The van der Waals surface area contributed by atoms with Crippen molar-refractivity contribution >= 4 is 6.21 Å². The molecule has 2 heterocycles. The highest BCUT2D eigenvalue weighted by atomic mass is 16.7. The Morgan fingerprint density at radius 1 is 1.13 bits per heavy atom. The van der Waals surface area contributed by atoms with E-state index in [0.717, 1.165) is 17.0 Å². The first-order valence-corrected chi connectivity index (χ1v) is 7.87. The number of aryl methyl sites for hydroxylation is 1. The summed E-state index contributed by atoms with van der Waals surface area (Å²) in [6, 6.07) is 16.0. The number of hydrogen-bond acceptors (Lipinski definition) is 4. The van der Waals surface area contributed by atoms with E-state index in [1.54, 1.807) is 6.21 Å². The molecule has 4 nitrogen and oxygen atoms in total. The molecule has 1 aromatic heterocycles. The van der Waals surface area contributed by atoms with Crippen molar-refractivity contribution in [2.75, 3.05) is 6.61 Å². The number of aliphatic imine (C=N–C) groups is 1. The van der Waals surface area contributed by atoms with Crippen LogP contribution in [0.4, 0.5) is 0 Å². The number of benzene rings is 1. The van der Waals surface area contributed by atoms with Gasteiger partial charge >= 0.3 is 0 Å². The fraction of sp³-hybridized carbons (Fsp3) is 0.368.